The van der Waals surface area contributed by atoms with Crippen molar-refractivity contribution in [3.8, 4) is 0 Å². The van der Waals surface area contributed by atoms with Crippen molar-refractivity contribution in [2.45, 2.75) is 43.4 Å². The van der Waals surface area contributed by atoms with Crippen molar-refractivity contribution in [2.24, 2.45) is 11.8 Å². The summed E-state index contributed by atoms with van der Waals surface area (Å²) in [5, 5.41) is 2.85. The first-order valence-electron chi connectivity index (χ1n) is 10.4. The molecule has 5 atom stereocenters. The number of ether oxygens (including phenoxy) is 1. The molecule has 0 aliphatic carbocycles. The molecule has 3 amide bonds. The number of hydrogen-bond donors (Lipinski definition) is 1. The largest absolute Gasteiger partial charge is 0.376 e. The van der Waals surface area contributed by atoms with Gasteiger partial charge in [0, 0.05) is 23.9 Å². The number of anilines is 1. The smallest absolute Gasteiger partial charge is 0.250 e. The molecule has 1 N–H and O–H groups in total. The monoisotopic (exact) mass is 399 g/mol. The second kappa shape index (κ2) is 5.86. The van der Waals surface area contributed by atoms with Crippen LogP contribution < -0.4 is 5.32 Å². The number of halogens is 1. The van der Waals surface area contributed by atoms with Crippen LogP contribution in [0.5, 0.6) is 0 Å². The fourth-order valence-corrected chi connectivity index (χ4v) is 6.41. The molecule has 5 aliphatic rings. The van der Waals surface area contributed by atoms with Crippen LogP contribution in [0.25, 0.3) is 0 Å². The molecule has 0 aromatic heterocycles. The van der Waals surface area contributed by atoms with Gasteiger partial charge in [-0.2, -0.15) is 0 Å². The highest BCUT2D eigenvalue weighted by Crippen LogP contribution is 2.60. The topological polar surface area (TPSA) is 79.0 Å². The minimum atomic E-state index is -1.30. The molecule has 0 radical (unpaired) electrons. The third kappa shape index (κ3) is 2.06. The van der Waals surface area contributed by atoms with Gasteiger partial charge in [0.2, 0.25) is 17.7 Å². The van der Waals surface area contributed by atoms with Crippen LogP contribution in [0.4, 0.5) is 10.1 Å². The predicted octanol–water partition coefficient (Wildman–Crippen LogP) is 1.23. The van der Waals surface area contributed by atoms with E-state index in [0.29, 0.717) is 24.4 Å². The number of amides is 3. The van der Waals surface area contributed by atoms with Gasteiger partial charge in [0.15, 0.2) is 0 Å². The van der Waals surface area contributed by atoms with Gasteiger partial charge in [-0.1, -0.05) is 0 Å². The molecular weight excluding hydrogens is 377 g/mol. The van der Waals surface area contributed by atoms with Gasteiger partial charge < -0.3 is 10.1 Å². The van der Waals surface area contributed by atoms with E-state index in [4.69, 9.17) is 4.74 Å². The molecule has 152 valence electrons. The number of hydrogen-bond acceptors (Lipinski definition) is 5. The van der Waals surface area contributed by atoms with Crippen LogP contribution in [0.1, 0.15) is 31.2 Å². The average molecular weight is 399 g/mol. The van der Waals surface area contributed by atoms with E-state index in [1.165, 1.54) is 17.0 Å². The Kier molecular flexibility index (Phi) is 3.54. The van der Waals surface area contributed by atoms with Crippen molar-refractivity contribution in [3.05, 3.63) is 29.6 Å². The van der Waals surface area contributed by atoms with E-state index >= 15 is 0 Å². The Balaban J connectivity index is 1.48. The average Bonchev–Trinajstić information content (AvgIpc) is 3.47. The van der Waals surface area contributed by atoms with Gasteiger partial charge in [-0.15, -0.1) is 0 Å². The molecule has 1 aromatic rings. The van der Waals surface area contributed by atoms with E-state index in [1.54, 1.807) is 6.07 Å². The Morgan fingerprint density at radius 1 is 1.17 bits per heavy atom. The van der Waals surface area contributed by atoms with E-state index in [-0.39, 0.29) is 36.4 Å². The first kappa shape index (κ1) is 17.5. The van der Waals surface area contributed by atoms with Crippen molar-refractivity contribution in [3.63, 3.8) is 0 Å². The van der Waals surface area contributed by atoms with Crippen molar-refractivity contribution >= 4 is 23.4 Å². The van der Waals surface area contributed by atoms with Gasteiger partial charge in [-0.3, -0.25) is 24.2 Å². The maximum absolute atomic E-state index is 14.2. The molecule has 0 bridgehead atoms. The maximum Gasteiger partial charge on any atom is 0.250 e. The molecule has 0 saturated carbocycles. The number of rotatable bonds is 2. The Morgan fingerprint density at radius 2 is 2.03 bits per heavy atom. The van der Waals surface area contributed by atoms with Crippen LogP contribution in [0, 0.1) is 17.7 Å². The molecule has 4 saturated heterocycles. The summed E-state index contributed by atoms with van der Waals surface area (Å²) >= 11 is 0. The molecule has 7 nitrogen and oxygen atoms in total. The lowest BCUT2D eigenvalue weighted by atomic mass is 9.75. The van der Waals surface area contributed by atoms with Gasteiger partial charge >= 0.3 is 0 Å². The number of carbonyl (C=O) groups excluding carboxylic acids is 3. The zero-order chi connectivity index (χ0) is 19.9. The van der Waals surface area contributed by atoms with Crippen molar-refractivity contribution < 1.29 is 23.5 Å². The zero-order valence-electron chi connectivity index (χ0n) is 15.9. The van der Waals surface area contributed by atoms with Crippen LogP contribution in [-0.2, 0) is 24.7 Å². The van der Waals surface area contributed by atoms with E-state index < -0.39 is 23.2 Å². The van der Waals surface area contributed by atoms with Gasteiger partial charge in [0.1, 0.15) is 11.4 Å². The van der Waals surface area contributed by atoms with E-state index in [9.17, 15) is 18.8 Å². The van der Waals surface area contributed by atoms with E-state index in [0.717, 1.165) is 25.7 Å². The number of fused-ring (bicyclic) bond motifs is 7. The van der Waals surface area contributed by atoms with Crippen molar-refractivity contribution in [1.29, 1.82) is 0 Å². The Bertz CT molecular complexity index is 946. The van der Waals surface area contributed by atoms with Crippen LogP contribution in [-0.4, -0.2) is 59.4 Å². The predicted molar refractivity (Wildman–Crippen MR) is 99.1 cm³/mol. The normalized spacial score (nSPS) is 38.1. The highest BCUT2D eigenvalue weighted by molar-refractivity contribution is 6.15. The SMILES string of the molecule is O=C1[C@H]2[C@@H]3CCCN3[C@@]3(C(=O)Nc4ccc(F)cc43)[C@H]2C(=O)N1C[C@@H]1CCCO1. The molecule has 4 fully saturated rings. The third-order valence-corrected chi connectivity index (χ3v) is 7.46. The molecule has 6 rings (SSSR count). The minimum absolute atomic E-state index is 0.139. The Morgan fingerprint density at radius 3 is 2.83 bits per heavy atom. The number of nitrogens with zero attached hydrogens (tertiary/aromatic N) is 2. The molecule has 1 spiro atoms. The van der Waals surface area contributed by atoms with Crippen molar-refractivity contribution in [1.82, 2.24) is 9.80 Å². The maximum atomic E-state index is 14.2. The Labute approximate surface area is 167 Å². The van der Waals surface area contributed by atoms with E-state index in [1.807, 2.05) is 4.90 Å². The Hall–Kier alpha value is -2.32. The molecule has 29 heavy (non-hydrogen) atoms. The fraction of sp³-hybridized carbons (Fsp3) is 0.571. The summed E-state index contributed by atoms with van der Waals surface area (Å²) in [6.45, 7) is 1.50. The lowest BCUT2D eigenvalue weighted by molar-refractivity contribution is -0.147. The number of nitrogens with one attached hydrogen (secondary N) is 1. The van der Waals surface area contributed by atoms with Crippen LogP contribution in [0.2, 0.25) is 0 Å². The summed E-state index contributed by atoms with van der Waals surface area (Å²) in [6, 6.07) is 4.02. The minimum Gasteiger partial charge on any atom is -0.376 e. The fourth-order valence-electron chi connectivity index (χ4n) is 6.41. The summed E-state index contributed by atoms with van der Waals surface area (Å²) in [6.07, 6.45) is 3.21. The number of likely N-dealkylation sites (tertiary alicyclic amines) is 1. The first-order chi connectivity index (χ1) is 14.0. The molecule has 5 aliphatic heterocycles. The molecular formula is C21H22FN3O4. The first-order valence-corrected chi connectivity index (χ1v) is 10.4. The summed E-state index contributed by atoms with van der Waals surface area (Å²) in [5.74, 6) is -2.68. The molecule has 5 heterocycles. The molecule has 1 aromatic carbocycles. The number of carbonyl (C=O) groups is 3. The van der Waals surface area contributed by atoms with Gasteiger partial charge in [-0.05, 0) is 50.4 Å². The summed E-state index contributed by atoms with van der Waals surface area (Å²) < 4.78 is 19.8. The van der Waals surface area contributed by atoms with Gasteiger partial charge in [0.05, 0.1) is 24.5 Å². The lowest BCUT2D eigenvalue weighted by Crippen LogP contribution is -2.54. The highest BCUT2D eigenvalue weighted by atomic mass is 19.1. The molecule has 8 heteroatoms. The summed E-state index contributed by atoms with van der Waals surface area (Å²) in [4.78, 5) is 43.6. The van der Waals surface area contributed by atoms with E-state index in [2.05, 4.69) is 5.32 Å². The second-order valence-electron chi connectivity index (χ2n) is 8.74. The summed E-state index contributed by atoms with van der Waals surface area (Å²) in [7, 11) is 0. The second-order valence-corrected chi connectivity index (χ2v) is 8.74. The zero-order valence-corrected chi connectivity index (χ0v) is 15.9. The quantitative estimate of drug-likeness (QED) is 0.757. The standard InChI is InChI=1S/C21H22FN3O4/c22-11-5-6-14-13(9-11)21(20(28)23-14)17-16(15-4-1-7-25(15)21)18(26)24(19(17)27)10-12-3-2-8-29-12/h5-6,9,12,15-17H,1-4,7-8,10H2,(H,23,28)/t12-,15-,16-,17+,21+/m0/s1. The lowest BCUT2D eigenvalue weighted by Gasteiger charge is -2.36. The highest BCUT2D eigenvalue weighted by Gasteiger charge is 2.74. The van der Waals surface area contributed by atoms with Crippen LogP contribution in [0.15, 0.2) is 18.2 Å². The molecule has 0 unspecified atom stereocenters. The van der Waals surface area contributed by atoms with Crippen molar-refractivity contribution in [2.75, 3.05) is 25.0 Å². The number of benzene rings is 1. The van der Waals surface area contributed by atoms with Crippen LogP contribution in [0.3, 0.4) is 0 Å². The summed E-state index contributed by atoms with van der Waals surface area (Å²) in [5.41, 5.74) is -0.288. The van der Waals surface area contributed by atoms with Gasteiger partial charge in [-0.25, -0.2) is 4.39 Å². The van der Waals surface area contributed by atoms with Gasteiger partial charge in [0.25, 0.3) is 0 Å². The van der Waals surface area contributed by atoms with Crippen LogP contribution >= 0.6 is 0 Å². The number of imide groups is 1. The third-order valence-electron chi connectivity index (χ3n) is 7.46.